The van der Waals surface area contributed by atoms with Crippen molar-refractivity contribution in [3.63, 3.8) is 0 Å². The Morgan fingerprint density at radius 1 is 1.52 bits per heavy atom. The number of aromatic amines is 1. The van der Waals surface area contributed by atoms with Crippen molar-refractivity contribution >= 4 is 28.4 Å². The molecule has 1 amide bonds. The fourth-order valence-corrected chi connectivity index (χ4v) is 3.06. The number of H-pyrrole nitrogens is 1. The fraction of sp³-hybridized carbons (Fsp3) is 0.438. The first-order chi connectivity index (χ1) is 10.2. The van der Waals surface area contributed by atoms with Gasteiger partial charge in [-0.1, -0.05) is 23.7 Å². The quantitative estimate of drug-likeness (QED) is 0.914. The highest BCUT2D eigenvalue weighted by Gasteiger charge is 2.18. The number of fused-ring (bicyclic) bond motifs is 1. The van der Waals surface area contributed by atoms with Gasteiger partial charge in [-0.3, -0.25) is 4.79 Å². The maximum Gasteiger partial charge on any atom is 0.268 e. The van der Waals surface area contributed by atoms with Crippen molar-refractivity contribution in [2.75, 3.05) is 19.8 Å². The number of aromatic nitrogens is 1. The number of halogens is 1. The molecule has 1 aliphatic rings. The van der Waals surface area contributed by atoms with Gasteiger partial charge >= 0.3 is 0 Å². The SMILES string of the molecule is Cc1c(C(=O)NC[C@H]2CCCOC2)[nH]c2c(Cl)cccc12. The van der Waals surface area contributed by atoms with Crippen LogP contribution in [0.4, 0.5) is 0 Å². The molecule has 21 heavy (non-hydrogen) atoms. The molecule has 3 rings (SSSR count). The van der Waals surface area contributed by atoms with Gasteiger partial charge < -0.3 is 15.0 Å². The highest BCUT2D eigenvalue weighted by Crippen LogP contribution is 2.27. The number of carbonyl (C=O) groups is 1. The number of rotatable bonds is 3. The highest BCUT2D eigenvalue weighted by molar-refractivity contribution is 6.35. The lowest BCUT2D eigenvalue weighted by atomic mass is 10.0. The van der Waals surface area contributed by atoms with Gasteiger partial charge in [0.2, 0.25) is 0 Å². The molecule has 1 atom stereocenters. The molecule has 2 aromatic rings. The first-order valence-corrected chi connectivity index (χ1v) is 7.67. The van der Waals surface area contributed by atoms with Gasteiger partial charge in [0.1, 0.15) is 5.69 Å². The van der Waals surface area contributed by atoms with E-state index in [1.165, 1.54) is 0 Å². The van der Waals surface area contributed by atoms with Crippen molar-refractivity contribution in [3.8, 4) is 0 Å². The van der Waals surface area contributed by atoms with E-state index in [0.717, 1.165) is 42.5 Å². The fourth-order valence-electron chi connectivity index (χ4n) is 2.84. The summed E-state index contributed by atoms with van der Waals surface area (Å²) < 4.78 is 5.43. The summed E-state index contributed by atoms with van der Waals surface area (Å²) in [5, 5.41) is 4.63. The molecule has 1 fully saturated rings. The molecule has 112 valence electrons. The predicted octanol–water partition coefficient (Wildman–Crippen LogP) is 3.29. The lowest BCUT2D eigenvalue weighted by Crippen LogP contribution is -2.33. The van der Waals surface area contributed by atoms with Crippen molar-refractivity contribution < 1.29 is 9.53 Å². The van der Waals surface area contributed by atoms with Gasteiger partial charge in [-0.05, 0) is 37.3 Å². The zero-order valence-corrected chi connectivity index (χ0v) is 12.8. The summed E-state index contributed by atoms with van der Waals surface area (Å²) in [6.45, 7) is 4.16. The lowest BCUT2D eigenvalue weighted by molar-refractivity contribution is 0.0536. The van der Waals surface area contributed by atoms with E-state index in [0.29, 0.717) is 23.2 Å². The normalized spacial score (nSPS) is 18.9. The van der Waals surface area contributed by atoms with E-state index in [2.05, 4.69) is 10.3 Å². The van der Waals surface area contributed by atoms with Gasteiger partial charge in [0.15, 0.2) is 0 Å². The topological polar surface area (TPSA) is 54.1 Å². The van der Waals surface area contributed by atoms with E-state index in [9.17, 15) is 4.79 Å². The highest BCUT2D eigenvalue weighted by atomic mass is 35.5. The third-order valence-electron chi connectivity index (χ3n) is 4.08. The summed E-state index contributed by atoms with van der Waals surface area (Å²) in [6.07, 6.45) is 2.18. The van der Waals surface area contributed by atoms with Gasteiger partial charge in [-0.15, -0.1) is 0 Å². The van der Waals surface area contributed by atoms with Crippen LogP contribution in [0.3, 0.4) is 0 Å². The minimum absolute atomic E-state index is 0.0784. The number of amides is 1. The van der Waals surface area contributed by atoms with Crippen LogP contribution in [0.5, 0.6) is 0 Å². The van der Waals surface area contributed by atoms with Gasteiger partial charge in [0.25, 0.3) is 5.91 Å². The molecule has 0 unspecified atom stereocenters. The summed E-state index contributed by atoms with van der Waals surface area (Å²) >= 11 is 6.17. The maximum absolute atomic E-state index is 12.4. The molecule has 5 heteroatoms. The van der Waals surface area contributed by atoms with Crippen LogP contribution in [-0.4, -0.2) is 30.6 Å². The van der Waals surface area contributed by atoms with Crippen LogP contribution in [0.1, 0.15) is 28.9 Å². The Kier molecular flexibility index (Phi) is 4.17. The van der Waals surface area contributed by atoms with E-state index in [1.54, 1.807) is 0 Å². The lowest BCUT2D eigenvalue weighted by Gasteiger charge is -2.22. The minimum atomic E-state index is -0.0784. The molecule has 1 aromatic heterocycles. The van der Waals surface area contributed by atoms with Gasteiger partial charge in [0.05, 0.1) is 17.1 Å². The Morgan fingerprint density at radius 3 is 3.10 bits per heavy atom. The summed E-state index contributed by atoms with van der Waals surface area (Å²) in [5.74, 6) is 0.335. The van der Waals surface area contributed by atoms with E-state index in [-0.39, 0.29) is 5.91 Å². The number of hydrogen-bond donors (Lipinski definition) is 2. The molecule has 0 aliphatic carbocycles. The summed E-state index contributed by atoms with van der Waals surface area (Å²) in [4.78, 5) is 15.5. The third kappa shape index (κ3) is 2.92. The molecule has 0 bridgehead atoms. The number of aryl methyl sites for hydroxylation is 1. The summed E-state index contributed by atoms with van der Waals surface area (Å²) in [6, 6.07) is 5.69. The predicted molar refractivity (Wildman–Crippen MR) is 83.9 cm³/mol. The summed E-state index contributed by atoms with van der Waals surface area (Å²) in [5.41, 5.74) is 2.35. The molecule has 4 nitrogen and oxygen atoms in total. The Morgan fingerprint density at radius 2 is 2.38 bits per heavy atom. The molecule has 0 radical (unpaired) electrons. The zero-order chi connectivity index (χ0) is 14.8. The molecule has 0 spiro atoms. The average Bonchev–Trinajstić information content (AvgIpc) is 2.85. The van der Waals surface area contributed by atoms with E-state index in [1.807, 2.05) is 25.1 Å². The van der Waals surface area contributed by atoms with Crippen LogP contribution in [-0.2, 0) is 4.74 Å². The molecule has 1 aliphatic heterocycles. The van der Waals surface area contributed by atoms with Crippen molar-refractivity contribution in [1.29, 1.82) is 0 Å². The summed E-state index contributed by atoms with van der Waals surface area (Å²) in [7, 11) is 0. The molecular formula is C16H19ClN2O2. The van der Waals surface area contributed by atoms with Crippen LogP contribution in [0, 0.1) is 12.8 Å². The largest absolute Gasteiger partial charge is 0.381 e. The number of ether oxygens (including phenoxy) is 1. The van der Waals surface area contributed by atoms with Crippen LogP contribution in [0.15, 0.2) is 18.2 Å². The molecule has 2 heterocycles. The molecule has 2 N–H and O–H groups in total. The van der Waals surface area contributed by atoms with E-state index < -0.39 is 0 Å². The monoisotopic (exact) mass is 306 g/mol. The average molecular weight is 307 g/mol. The number of carbonyl (C=O) groups excluding carboxylic acids is 1. The number of nitrogens with one attached hydrogen (secondary N) is 2. The number of para-hydroxylation sites is 1. The van der Waals surface area contributed by atoms with Crippen LogP contribution in [0.25, 0.3) is 10.9 Å². The van der Waals surface area contributed by atoms with Crippen molar-refractivity contribution in [2.24, 2.45) is 5.92 Å². The van der Waals surface area contributed by atoms with Gasteiger partial charge in [0, 0.05) is 18.5 Å². The van der Waals surface area contributed by atoms with Crippen LogP contribution in [0.2, 0.25) is 5.02 Å². The van der Waals surface area contributed by atoms with E-state index in [4.69, 9.17) is 16.3 Å². The molecule has 0 saturated carbocycles. The zero-order valence-electron chi connectivity index (χ0n) is 12.0. The van der Waals surface area contributed by atoms with Crippen molar-refractivity contribution in [3.05, 3.63) is 34.5 Å². The van der Waals surface area contributed by atoms with Crippen LogP contribution < -0.4 is 5.32 Å². The second-order valence-corrected chi connectivity index (χ2v) is 5.99. The second kappa shape index (κ2) is 6.08. The van der Waals surface area contributed by atoms with Crippen molar-refractivity contribution in [1.82, 2.24) is 10.3 Å². The molecular weight excluding hydrogens is 288 g/mol. The molecule has 1 aromatic carbocycles. The first kappa shape index (κ1) is 14.4. The van der Waals surface area contributed by atoms with Gasteiger partial charge in [-0.25, -0.2) is 0 Å². The van der Waals surface area contributed by atoms with Gasteiger partial charge in [-0.2, -0.15) is 0 Å². The Balaban J connectivity index is 1.75. The smallest absolute Gasteiger partial charge is 0.268 e. The van der Waals surface area contributed by atoms with E-state index >= 15 is 0 Å². The second-order valence-electron chi connectivity index (χ2n) is 5.58. The maximum atomic E-state index is 12.4. The Hall–Kier alpha value is -1.52. The molecule has 1 saturated heterocycles. The number of hydrogen-bond acceptors (Lipinski definition) is 2. The Labute approximate surface area is 128 Å². The van der Waals surface area contributed by atoms with Crippen LogP contribution >= 0.6 is 11.6 Å². The van der Waals surface area contributed by atoms with Crippen molar-refractivity contribution in [2.45, 2.75) is 19.8 Å². The number of benzene rings is 1. The third-order valence-corrected chi connectivity index (χ3v) is 4.39. The minimum Gasteiger partial charge on any atom is -0.381 e. The standard InChI is InChI=1S/C16H19ClN2O2/c1-10-12-5-2-6-13(17)15(12)19-14(10)16(20)18-8-11-4-3-7-21-9-11/h2,5-6,11,19H,3-4,7-9H2,1H3,(H,18,20)/t11-/m1/s1. The first-order valence-electron chi connectivity index (χ1n) is 7.29. The Bertz CT molecular complexity index is 660.